The molecule has 14 heteroatoms. The number of rotatable bonds is 6. The molecule has 242 valence electrons. The van der Waals surface area contributed by atoms with Crippen molar-refractivity contribution in [2.75, 3.05) is 44.3 Å². The molecule has 1 atom stereocenters. The van der Waals surface area contributed by atoms with Crippen LogP contribution in [0, 0.1) is 5.82 Å². The lowest BCUT2D eigenvalue weighted by Gasteiger charge is -2.34. The van der Waals surface area contributed by atoms with Crippen molar-refractivity contribution in [2.45, 2.75) is 44.2 Å². The van der Waals surface area contributed by atoms with E-state index in [1.807, 2.05) is 29.4 Å². The molecule has 0 unspecified atom stereocenters. The number of aromatic nitrogens is 4. The summed E-state index contributed by atoms with van der Waals surface area (Å²) < 4.78 is 72.3. The summed E-state index contributed by atoms with van der Waals surface area (Å²) >= 11 is 5.97. The average molecular weight is 659 g/mol. The molecule has 7 rings (SSSR count). The highest BCUT2D eigenvalue weighted by atomic mass is 35.5. The van der Waals surface area contributed by atoms with Crippen LogP contribution in [0.2, 0.25) is 5.02 Å². The van der Waals surface area contributed by atoms with Gasteiger partial charge in [-0.1, -0.05) is 23.7 Å². The summed E-state index contributed by atoms with van der Waals surface area (Å²) in [5.41, 5.74) is 3.36. The number of H-pyrrole nitrogens is 1. The van der Waals surface area contributed by atoms with Gasteiger partial charge in [-0.25, -0.2) is 9.37 Å². The molecule has 3 aliphatic heterocycles. The number of pyridine rings is 1. The van der Waals surface area contributed by atoms with Crippen molar-refractivity contribution in [1.82, 2.24) is 25.1 Å². The molecule has 46 heavy (non-hydrogen) atoms. The third kappa shape index (κ3) is 5.98. The van der Waals surface area contributed by atoms with Crippen LogP contribution in [0.3, 0.4) is 0 Å². The molecule has 0 aliphatic carbocycles. The fourth-order valence-corrected chi connectivity index (χ4v) is 6.53. The smallest absolute Gasteiger partial charge is 0.444 e. The quantitative estimate of drug-likeness (QED) is 0.234. The van der Waals surface area contributed by atoms with E-state index in [2.05, 4.69) is 19.9 Å². The van der Waals surface area contributed by atoms with Crippen LogP contribution in [0.15, 0.2) is 48.7 Å². The van der Waals surface area contributed by atoms with Crippen molar-refractivity contribution < 1.29 is 31.8 Å². The van der Waals surface area contributed by atoms with E-state index in [0.717, 1.165) is 42.9 Å². The van der Waals surface area contributed by atoms with E-state index in [9.17, 15) is 17.6 Å². The van der Waals surface area contributed by atoms with Gasteiger partial charge in [0, 0.05) is 48.9 Å². The molecule has 2 aromatic heterocycles. The number of morpholine rings is 1. The number of fused-ring (bicyclic) bond motifs is 1. The maximum atomic E-state index is 14.8. The fraction of sp³-hybridized carbons (Fsp3) is 0.406. The number of nitrogens with zero attached hydrogens (tertiary/aromatic N) is 5. The van der Waals surface area contributed by atoms with Crippen molar-refractivity contribution in [3.05, 3.63) is 82.1 Å². The van der Waals surface area contributed by atoms with Crippen LogP contribution in [-0.2, 0) is 23.2 Å². The lowest BCUT2D eigenvalue weighted by molar-refractivity contribution is -0.144. The summed E-state index contributed by atoms with van der Waals surface area (Å²) in [6.07, 6.45) is -1.38. The van der Waals surface area contributed by atoms with Gasteiger partial charge in [0.1, 0.15) is 5.82 Å². The van der Waals surface area contributed by atoms with Crippen molar-refractivity contribution >= 4 is 17.3 Å². The molecule has 5 heterocycles. The van der Waals surface area contributed by atoms with E-state index in [4.69, 9.17) is 30.8 Å². The van der Waals surface area contributed by atoms with Gasteiger partial charge in [-0.3, -0.25) is 15.0 Å². The predicted octanol–water partition coefficient (Wildman–Crippen LogP) is 6.54. The SMILES string of the molecule is C[C@@]1(c2ccc(Cl)cc2F)Oc2cccc(C3CCN(Cc4ncc(-c5n[nH]c(C(F)(F)F)n5)cc4N4CCOCC4)CC3)c2O1. The first kappa shape index (κ1) is 30.7. The Balaban J connectivity index is 1.07. The number of alkyl halides is 3. The monoisotopic (exact) mass is 658 g/mol. The summed E-state index contributed by atoms with van der Waals surface area (Å²) in [6, 6.07) is 12.1. The highest BCUT2D eigenvalue weighted by molar-refractivity contribution is 6.30. The molecule has 0 saturated carbocycles. The summed E-state index contributed by atoms with van der Waals surface area (Å²) in [6.45, 7) is 6.23. The van der Waals surface area contributed by atoms with E-state index in [1.54, 1.807) is 19.1 Å². The van der Waals surface area contributed by atoms with Crippen LogP contribution < -0.4 is 14.4 Å². The van der Waals surface area contributed by atoms with Crippen LogP contribution in [0.4, 0.5) is 23.2 Å². The summed E-state index contributed by atoms with van der Waals surface area (Å²) in [7, 11) is 0. The normalized spacial score (nSPS) is 20.8. The fourth-order valence-electron chi connectivity index (χ4n) is 6.37. The Hall–Kier alpha value is -3.94. The molecular weight excluding hydrogens is 628 g/mol. The topological polar surface area (TPSA) is 88.6 Å². The Morgan fingerprint density at radius 2 is 1.83 bits per heavy atom. The number of para-hydroxylation sites is 1. The van der Waals surface area contributed by atoms with Crippen molar-refractivity contribution in [1.29, 1.82) is 0 Å². The summed E-state index contributed by atoms with van der Waals surface area (Å²) in [5, 5.41) is 6.06. The van der Waals surface area contributed by atoms with Gasteiger partial charge < -0.3 is 19.1 Å². The largest absolute Gasteiger partial charge is 0.451 e. The number of likely N-dealkylation sites (tertiary alicyclic amines) is 1. The van der Waals surface area contributed by atoms with E-state index in [0.29, 0.717) is 54.9 Å². The Kier molecular flexibility index (Phi) is 8.02. The maximum Gasteiger partial charge on any atom is 0.451 e. The Labute approximate surface area is 267 Å². The summed E-state index contributed by atoms with van der Waals surface area (Å²) in [4.78, 5) is 12.8. The minimum atomic E-state index is -4.62. The van der Waals surface area contributed by atoms with E-state index >= 15 is 0 Å². The molecule has 0 amide bonds. The highest BCUT2D eigenvalue weighted by Gasteiger charge is 2.43. The number of anilines is 1. The average Bonchev–Trinajstić information content (AvgIpc) is 3.68. The Bertz CT molecular complexity index is 1740. The van der Waals surface area contributed by atoms with Gasteiger partial charge in [-0.15, -0.1) is 0 Å². The molecule has 0 radical (unpaired) electrons. The first-order valence-corrected chi connectivity index (χ1v) is 15.5. The van der Waals surface area contributed by atoms with Crippen LogP contribution >= 0.6 is 11.6 Å². The number of hydrogen-bond acceptors (Lipinski definition) is 8. The van der Waals surface area contributed by atoms with Gasteiger partial charge in [0.2, 0.25) is 5.82 Å². The second-order valence-corrected chi connectivity index (χ2v) is 12.2. The zero-order valence-electron chi connectivity index (χ0n) is 24.9. The van der Waals surface area contributed by atoms with Crippen molar-refractivity contribution in [3.63, 3.8) is 0 Å². The van der Waals surface area contributed by atoms with E-state index in [1.165, 1.54) is 12.3 Å². The van der Waals surface area contributed by atoms with Crippen LogP contribution in [0.5, 0.6) is 11.5 Å². The number of halogens is 5. The number of aromatic amines is 1. The number of nitrogens with one attached hydrogen (secondary N) is 1. The second kappa shape index (κ2) is 12.0. The van der Waals surface area contributed by atoms with Crippen LogP contribution in [0.25, 0.3) is 11.4 Å². The Morgan fingerprint density at radius 3 is 2.54 bits per heavy atom. The minimum absolute atomic E-state index is 0.0572. The van der Waals surface area contributed by atoms with Crippen molar-refractivity contribution in [3.8, 4) is 22.9 Å². The van der Waals surface area contributed by atoms with Gasteiger partial charge in [0.05, 0.1) is 30.2 Å². The lowest BCUT2D eigenvalue weighted by atomic mass is 9.88. The first-order valence-electron chi connectivity index (χ1n) is 15.1. The van der Waals surface area contributed by atoms with E-state index in [-0.39, 0.29) is 17.3 Å². The zero-order valence-corrected chi connectivity index (χ0v) is 25.7. The molecule has 1 N–H and O–H groups in total. The second-order valence-electron chi connectivity index (χ2n) is 11.8. The summed E-state index contributed by atoms with van der Waals surface area (Å²) in [5.74, 6) is -1.61. The molecule has 2 aromatic carbocycles. The number of piperidine rings is 1. The first-order chi connectivity index (χ1) is 22.1. The molecule has 2 saturated heterocycles. The molecule has 9 nitrogen and oxygen atoms in total. The molecule has 0 spiro atoms. The standard InChI is InChI=1S/C32H31ClF4N6O3/c1-31(23-6-5-21(33)16-24(23)34)45-27-4-2-3-22(28(27)46-31)19-7-9-42(10-8-19)18-25-26(43-11-13-44-14-12-43)15-20(17-38-25)29-39-30(41-40-29)32(35,36)37/h2-6,15-17,19H,7-14,18H2,1H3,(H,39,40,41)/t31-/m1/s1. The minimum Gasteiger partial charge on any atom is -0.444 e. The highest BCUT2D eigenvalue weighted by Crippen LogP contribution is 2.50. The van der Waals surface area contributed by atoms with Gasteiger partial charge in [0.25, 0.3) is 5.79 Å². The van der Waals surface area contributed by atoms with Gasteiger partial charge in [0.15, 0.2) is 17.3 Å². The number of benzene rings is 2. The third-order valence-corrected chi connectivity index (χ3v) is 8.98. The number of ether oxygens (including phenoxy) is 3. The number of hydrogen-bond donors (Lipinski definition) is 1. The third-order valence-electron chi connectivity index (χ3n) is 8.74. The zero-order chi connectivity index (χ0) is 32.1. The molecule has 0 bridgehead atoms. The van der Waals surface area contributed by atoms with Crippen molar-refractivity contribution in [2.24, 2.45) is 0 Å². The molecule has 4 aromatic rings. The van der Waals surface area contributed by atoms with E-state index < -0.39 is 23.6 Å². The van der Waals surface area contributed by atoms with Gasteiger partial charge in [-0.05, 0) is 62.2 Å². The lowest BCUT2D eigenvalue weighted by Crippen LogP contribution is -2.38. The molecule has 3 aliphatic rings. The van der Waals surface area contributed by atoms with Crippen LogP contribution in [0.1, 0.15) is 48.3 Å². The Morgan fingerprint density at radius 1 is 1.04 bits per heavy atom. The molecular formula is C32H31ClF4N6O3. The van der Waals surface area contributed by atoms with Gasteiger partial charge >= 0.3 is 6.18 Å². The maximum absolute atomic E-state index is 14.8. The predicted molar refractivity (Wildman–Crippen MR) is 161 cm³/mol. The molecule has 2 fully saturated rings. The van der Waals surface area contributed by atoms with Crippen LogP contribution in [-0.4, -0.2) is 64.5 Å². The van der Waals surface area contributed by atoms with Gasteiger partial charge in [-0.2, -0.15) is 18.3 Å².